The number of thiophene rings is 1. The summed E-state index contributed by atoms with van der Waals surface area (Å²) in [5.41, 5.74) is 9.06. The monoisotopic (exact) mass is 465 g/mol. The predicted octanol–water partition coefficient (Wildman–Crippen LogP) is 3.36. The Morgan fingerprint density at radius 2 is 2.16 bits per heavy atom. The van der Waals surface area contributed by atoms with E-state index in [1.165, 1.54) is 5.56 Å². The van der Waals surface area contributed by atoms with Crippen molar-refractivity contribution in [1.82, 2.24) is 4.90 Å². The van der Waals surface area contributed by atoms with E-state index >= 15 is 0 Å². The summed E-state index contributed by atoms with van der Waals surface area (Å²) in [4.78, 5) is 24.7. The highest BCUT2D eigenvalue weighted by atomic mass is 32.1. The van der Waals surface area contributed by atoms with Crippen molar-refractivity contribution in [2.75, 3.05) is 38.7 Å². The van der Waals surface area contributed by atoms with Crippen molar-refractivity contribution in [3.8, 4) is 0 Å². The lowest BCUT2D eigenvalue weighted by Gasteiger charge is -2.26. The van der Waals surface area contributed by atoms with Gasteiger partial charge in [0.2, 0.25) is 0 Å². The zero-order chi connectivity index (χ0) is 23.9. The molecule has 0 spiro atoms. The fraction of sp³-hybridized carbons (Fsp3) is 0.478. The fourth-order valence-corrected chi connectivity index (χ4v) is 4.40. The molecule has 1 aromatic heterocycles. The van der Waals surface area contributed by atoms with Gasteiger partial charge in [-0.1, -0.05) is 19.2 Å². The van der Waals surface area contributed by atoms with Gasteiger partial charge >= 0.3 is 6.09 Å². The van der Waals surface area contributed by atoms with Gasteiger partial charge in [-0.15, -0.1) is 11.3 Å². The third kappa shape index (κ3) is 8.14. The number of ether oxygens (including phenoxy) is 2. The Morgan fingerprint density at radius 3 is 2.72 bits per heavy atom. The molecule has 0 fully saturated rings. The number of aliphatic hydroxyl groups is 1. The van der Waals surface area contributed by atoms with E-state index in [9.17, 15) is 9.59 Å². The van der Waals surface area contributed by atoms with Crippen molar-refractivity contribution in [2.24, 2.45) is 5.73 Å². The number of nitrogens with one attached hydrogen (secondary N) is 1. The Balaban J connectivity index is 0.000000347. The summed E-state index contributed by atoms with van der Waals surface area (Å²) in [5.74, 6) is 0.722. The van der Waals surface area contributed by atoms with E-state index in [-0.39, 0.29) is 19.3 Å². The van der Waals surface area contributed by atoms with E-state index in [2.05, 4.69) is 18.5 Å². The molecule has 2 rings (SSSR count). The second-order valence-electron chi connectivity index (χ2n) is 6.78. The zero-order valence-corrected chi connectivity index (χ0v) is 19.8. The van der Waals surface area contributed by atoms with Gasteiger partial charge in [-0.05, 0) is 37.0 Å². The minimum absolute atomic E-state index is 0.0441. The third-order valence-corrected chi connectivity index (χ3v) is 5.93. The number of nitrogens with zero attached hydrogens (tertiary/aromatic N) is 1. The van der Waals surface area contributed by atoms with Crippen LogP contribution in [0.4, 0.5) is 9.80 Å². The molecule has 32 heavy (non-hydrogen) atoms. The molecule has 1 amide bonds. The van der Waals surface area contributed by atoms with Gasteiger partial charge in [0.05, 0.1) is 24.8 Å². The standard InChI is InChI=1S/C12H19N3O3S.C11H16O2/c1-14-11-9(6-13)8-2-3-15(7-10(8)19-11)12(17)18-5-4-16;1-4-7-11(13-5-2)10(3)8-6-9-12/h14,16H,2-7,13H2,1H3;4,7,9H,1,3,5-6,8H2,2H3/b;11-7+. The lowest BCUT2D eigenvalue weighted by molar-refractivity contribution is -0.107. The van der Waals surface area contributed by atoms with Gasteiger partial charge in [0.1, 0.15) is 18.7 Å². The second kappa shape index (κ2) is 15.2. The number of aldehydes is 1. The predicted molar refractivity (Wildman–Crippen MR) is 129 cm³/mol. The van der Waals surface area contributed by atoms with Crippen molar-refractivity contribution >= 4 is 28.7 Å². The maximum atomic E-state index is 11.8. The summed E-state index contributed by atoms with van der Waals surface area (Å²) in [7, 11) is 1.88. The topological polar surface area (TPSA) is 114 Å². The van der Waals surface area contributed by atoms with Crippen LogP contribution < -0.4 is 11.1 Å². The average molecular weight is 466 g/mol. The Bertz CT molecular complexity index is 804. The van der Waals surface area contributed by atoms with Crippen LogP contribution in [0.5, 0.6) is 0 Å². The van der Waals surface area contributed by atoms with Crippen LogP contribution in [0.2, 0.25) is 0 Å². The van der Waals surface area contributed by atoms with E-state index < -0.39 is 0 Å². The number of nitrogens with two attached hydrogens (primary N) is 1. The van der Waals surface area contributed by atoms with Crippen LogP contribution in [0.25, 0.3) is 0 Å². The SMILES string of the molecule is C=C/C=C(/OCC)C(=C)CCC=O.CNc1sc2c(c1CN)CCN(C(=O)OCCO)C2. The first-order valence-corrected chi connectivity index (χ1v) is 11.4. The molecule has 1 aromatic rings. The van der Waals surface area contributed by atoms with Gasteiger partial charge in [0.15, 0.2) is 0 Å². The Labute approximate surface area is 194 Å². The van der Waals surface area contributed by atoms with Crippen LogP contribution >= 0.6 is 11.3 Å². The molecule has 0 saturated carbocycles. The van der Waals surface area contributed by atoms with Gasteiger partial charge < -0.3 is 35.3 Å². The number of fused-ring (bicyclic) bond motifs is 1. The van der Waals surface area contributed by atoms with E-state index in [1.807, 2.05) is 14.0 Å². The Hall–Kier alpha value is -2.62. The number of rotatable bonds is 11. The van der Waals surface area contributed by atoms with Gasteiger partial charge in [-0.2, -0.15) is 0 Å². The largest absolute Gasteiger partial charge is 0.494 e. The summed E-state index contributed by atoms with van der Waals surface area (Å²) in [5, 5.41) is 12.9. The van der Waals surface area contributed by atoms with Gasteiger partial charge in [-0.3, -0.25) is 0 Å². The van der Waals surface area contributed by atoms with Crippen LogP contribution in [0.3, 0.4) is 0 Å². The first kappa shape index (κ1) is 27.4. The number of carbonyl (C=O) groups excluding carboxylic acids is 2. The Kier molecular flexibility index (Phi) is 13.0. The molecule has 178 valence electrons. The number of amides is 1. The first-order valence-electron chi connectivity index (χ1n) is 10.6. The molecular weight excluding hydrogens is 430 g/mol. The molecule has 1 aliphatic heterocycles. The van der Waals surface area contributed by atoms with E-state index in [1.54, 1.807) is 28.4 Å². The number of hydrogen-bond acceptors (Lipinski definition) is 8. The van der Waals surface area contributed by atoms with Crippen molar-refractivity contribution in [2.45, 2.75) is 39.3 Å². The van der Waals surface area contributed by atoms with E-state index in [0.29, 0.717) is 39.1 Å². The molecule has 4 N–H and O–H groups in total. The quantitative estimate of drug-likeness (QED) is 0.261. The highest BCUT2D eigenvalue weighted by Crippen LogP contribution is 2.36. The molecule has 0 aromatic carbocycles. The normalized spacial score (nSPS) is 12.8. The molecule has 2 heterocycles. The number of hydrogen-bond donors (Lipinski definition) is 3. The second-order valence-corrected chi connectivity index (χ2v) is 7.89. The van der Waals surface area contributed by atoms with Crippen LogP contribution in [0.1, 0.15) is 35.8 Å². The number of allylic oxidation sites excluding steroid dienone is 3. The van der Waals surface area contributed by atoms with Gasteiger partial charge in [-0.25, -0.2) is 4.79 Å². The van der Waals surface area contributed by atoms with Crippen LogP contribution in [0, 0.1) is 0 Å². The summed E-state index contributed by atoms with van der Waals surface area (Å²) in [6, 6.07) is 0. The average Bonchev–Trinajstić information content (AvgIpc) is 3.18. The van der Waals surface area contributed by atoms with Crippen molar-refractivity contribution in [1.29, 1.82) is 0 Å². The minimum atomic E-state index is -0.367. The zero-order valence-electron chi connectivity index (χ0n) is 19.0. The minimum Gasteiger partial charge on any atom is -0.494 e. The lowest BCUT2D eigenvalue weighted by Crippen LogP contribution is -2.36. The summed E-state index contributed by atoms with van der Waals surface area (Å²) in [6.07, 6.45) is 5.85. The molecule has 0 atom stereocenters. The van der Waals surface area contributed by atoms with E-state index in [0.717, 1.165) is 39.5 Å². The van der Waals surface area contributed by atoms with Crippen molar-refractivity contribution in [3.63, 3.8) is 0 Å². The van der Waals surface area contributed by atoms with Crippen molar-refractivity contribution < 1.29 is 24.2 Å². The van der Waals surface area contributed by atoms with Crippen molar-refractivity contribution in [3.05, 3.63) is 52.6 Å². The number of carbonyl (C=O) groups is 2. The smallest absolute Gasteiger partial charge is 0.410 e. The van der Waals surface area contributed by atoms with Crippen LogP contribution in [0.15, 0.2) is 36.6 Å². The molecular formula is C23H35N3O5S. The van der Waals surface area contributed by atoms with Crippen LogP contribution in [-0.2, 0) is 33.8 Å². The maximum Gasteiger partial charge on any atom is 0.410 e. The third-order valence-electron chi connectivity index (χ3n) is 4.65. The molecule has 8 nitrogen and oxygen atoms in total. The number of aliphatic hydroxyl groups excluding tert-OH is 1. The van der Waals surface area contributed by atoms with Gasteiger partial charge in [0.25, 0.3) is 0 Å². The first-order chi connectivity index (χ1) is 15.5. The molecule has 0 saturated heterocycles. The number of anilines is 1. The molecule has 1 aliphatic rings. The summed E-state index contributed by atoms with van der Waals surface area (Å²) in [6.45, 7) is 11.5. The molecule has 0 bridgehead atoms. The highest BCUT2D eigenvalue weighted by molar-refractivity contribution is 7.16. The maximum absolute atomic E-state index is 11.8. The van der Waals surface area contributed by atoms with Gasteiger partial charge in [0, 0.05) is 37.0 Å². The highest BCUT2D eigenvalue weighted by Gasteiger charge is 2.26. The lowest BCUT2D eigenvalue weighted by atomic mass is 10.0. The Morgan fingerprint density at radius 1 is 1.41 bits per heavy atom. The summed E-state index contributed by atoms with van der Waals surface area (Å²) >= 11 is 1.64. The molecule has 0 aliphatic carbocycles. The molecule has 9 heteroatoms. The van der Waals surface area contributed by atoms with Crippen LogP contribution in [-0.4, -0.2) is 55.8 Å². The molecule has 0 unspecified atom stereocenters. The molecule has 0 radical (unpaired) electrons. The van der Waals surface area contributed by atoms with E-state index in [4.69, 9.17) is 20.3 Å². The fourth-order valence-electron chi connectivity index (χ4n) is 3.15. The summed E-state index contributed by atoms with van der Waals surface area (Å²) < 4.78 is 10.3.